The summed E-state index contributed by atoms with van der Waals surface area (Å²) in [6, 6.07) is 0. The molecule has 0 radical (unpaired) electrons. The van der Waals surface area contributed by atoms with Crippen LogP contribution in [-0.2, 0) is 43.8 Å². The van der Waals surface area contributed by atoms with E-state index in [1.165, 1.54) is 38.5 Å². The number of hydrogen-bond acceptors (Lipinski definition) is 4. The first-order valence-electron chi connectivity index (χ1n) is 12.2. The van der Waals surface area contributed by atoms with Crippen LogP contribution in [0.15, 0.2) is 56.2 Å². The first kappa shape index (κ1) is 33.1. The van der Waals surface area contributed by atoms with Gasteiger partial charge < -0.3 is 0 Å². The van der Waals surface area contributed by atoms with Gasteiger partial charge in [-0.2, -0.15) is 0 Å². The standard InChI is InChI=1S/3C8H15N2.4O.Sb/c3*1-3-4-5-10-7-6-9(2)8-10;;;;;/h3*6-8H,3-5H2,1-2H3;;;;;/q3*+1;;3*-1;. The number of rotatable bonds is 9. The third-order valence-electron chi connectivity index (χ3n) is 4.78. The van der Waals surface area contributed by atoms with Crippen molar-refractivity contribution in [2.45, 2.75) is 78.9 Å². The van der Waals surface area contributed by atoms with E-state index in [0.29, 0.717) is 0 Å². The Kier molecular flexibility index (Phi) is 18.3. The normalized spacial score (nSPS) is 10.4. The number of aryl methyl sites for hydroxylation is 6. The maximum atomic E-state index is 8.64. The second-order valence-corrected chi connectivity index (χ2v) is 11.0. The van der Waals surface area contributed by atoms with Crippen LogP contribution in [0.3, 0.4) is 0 Å². The van der Waals surface area contributed by atoms with Crippen LogP contribution in [0.4, 0.5) is 0 Å². The number of hydrogen-bond donors (Lipinski definition) is 0. The molecular weight excluding hydrogens is 558 g/mol. The van der Waals surface area contributed by atoms with E-state index in [1.54, 1.807) is 0 Å². The number of imidazole rings is 3. The molecule has 10 nitrogen and oxygen atoms in total. The average Bonchev–Trinajstić information content (AvgIpc) is 3.50. The molecule has 3 aromatic heterocycles. The van der Waals surface area contributed by atoms with Crippen molar-refractivity contribution in [3.8, 4) is 0 Å². The van der Waals surface area contributed by atoms with Crippen LogP contribution >= 0.6 is 0 Å². The van der Waals surface area contributed by atoms with Crippen LogP contribution in [-0.4, -0.2) is 33.8 Å². The van der Waals surface area contributed by atoms with Crippen molar-refractivity contribution in [1.29, 1.82) is 0 Å². The van der Waals surface area contributed by atoms with E-state index in [4.69, 9.17) is 13.2 Å². The molecule has 0 aliphatic heterocycles. The molecule has 0 fully saturated rings. The zero-order valence-corrected chi connectivity index (χ0v) is 24.9. The Bertz CT molecular complexity index is 834. The molecule has 3 rings (SSSR count). The first-order chi connectivity index (χ1) is 16.5. The summed E-state index contributed by atoms with van der Waals surface area (Å²) in [5.41, 5.74) is 0. The Morgan fingerprint density at radius 2 is 0.829 bits per heavy atom. The van der Waals surface area contributed by atoms with Crippen LogP contribution in [0.1, 0.15) is 59.3 Å². The summed E-state index contributed by atoms with van der Waals surface area (Å²) >= 11 is -6.10. The van der Waals surface area contributed by atoms with Crippen LogP contribution < -0.4 is 23.9 Å². The minimum absolute atomic E-state index is 1.15. The molecule has 200 valence electrons. The van der Waals surface area contributed by atoms with Gasteiger partial charge in [0.2, 0.25) is 19.0 Å². The molecule has 0 spiro atoms. The molecule has 3 aromatic rings. The van der Waals surface area contributed by atoms with Crippen molar-refractivity contribution in [3.05, 3.63) is 56.2 Å². The van der Waals surface area contributed by atoms with Crippen LogP contribution in [0.5, 0.6) is 0 Å². The van der Waals surface area contributed by atoms with Crippen molar-refractivity contribution >= 4 is 20.1 Å². The van der Waals surface area contributed by atoms with Crippen LogP contribution in [0.25, 0.3) is 0 Å². The third kappa shape index (κ3) is 21.2. The van der Waals surface area contributed by atoms with E-state index >= 15 is 0 Å². The molecule has 0 aromatic carbocycles. The predicted octanol–water partition coefficient (Wildman–Crippen LogP) is -0.728. The summed E-state index contributed by atoms with van der Waals surface area (Å²) < 4.78 is 47.4. The molecule has 3 heterocycles. The molecule has 0 N–H and O–H groups in total. The van der Waals surface area contributed by atoms with Gasteiger partial charge in [0.15, 0.2) is 0 Å². The van der Waals surface area contributed by atoms with Gasteiger partial charge in [-0.3, -0.25) is 0 Å². The molecular formula is C24H45N6O4Sb. The van der Waals surface area contributed by atoms with Crippen molar-refractivity contribution in [3.63, 3.8) is 0 Å². The van der Waals surface area contributed by atoms with Gasteiger partial charge in [-0.05, 0) is 19.3 Å². The van der Waals surface area contributed by atoms with Gasteiger partial charge in [0.05, 0.1) is 40.8 Å². The quantitative estimate of drug-likeness (QED) is 0.237. The molecule has 0 saturated carbocycles. The molecule has 0 amide bonds. The SMILES string of the molecule is CCCCn1cc[n+](C)c1.CCCCn1cc[n+](C)c1.CCCCn1cc[n+](C)c1.[O]=[Sb]([O-])([O-])[O-]. The zero-order valence-electron chi connectivity index (χ0n) is 22.3. The molecule has 0 atom stereocenters. The molecule has 11 heteroatoms. The molecule has 0 unspecified atom stereocenters. The van der Waals surface area contributed by atoms with Crippen molar-refractivity contribution in [1.82, 2.24) is 13.7 Å². The van der Waals surface area contributed by atoms with Crippen LogP contribution in [0, 0.1) is 0 Å². The minimum atomic E-state index is -6.10. The van der Waals surface area contributed by atoms with E-state index in [-0.39, 0.29) is 0 Å². The summed E-state index contributed by atoms with van der Waals surface area (Å²) in [5.74, 6) is 0. The summed E-state index contributed by atoms with van der Waals surface area (Å²) in [6.45, 7) is 10.1. The Labute approximate surface area is 216 Å². The molecule has 0 saturated heterocycles. The predicted molar refractivity (Wildman–Crippen MR) is 128 cm³/mol. The van der Waals surface area contributed by atoms with E-state index in [1.807, 2.05) is 21.1 Å². The summed E-state index contributed by atoms with van der Waals surface area (Å²) in [4.78, 5) is 0. The molecule has 0 bridgehead atoms. The fraction of sp³-hybridized carbons (Fsp3) is 0.625. The number of nitrogens with zero attached hydrogens (tertiary/aromatic N) is 6. The van der Waals surface area contributed by atoms with Gasteiger partial charge in [-0.1, -0.05) is 40.0 Å². The Balaban J connectivity index is 0.000000453. The Morgan fingerprint density at radius 1 is 0.600 bits per heavy atom. The number of unbranched alkanes of at least 4 members (excludes halogenated alkanes) is 3. The van der Waals surface area contributed by atoms with Crippen LogP contribution in [0.2, 0.25) is 0 Å². The maximum absolute atomic E-state index is 8.64. The third-order valence-corrected chi connectivity index (χ3v) is 4.78. The van der Waals surface area contributed by atoms with Gasteiger partial charge in [0.1, 0.15) is 37.2 Å². The fourth-order valence-corrected chi connectivity index (χ4v) is 2.92. The molecule has 0 aliphatic rings. The summed E-state index contributed by atoms with van der Waals surface area (Å²) in [5, 5.41) is 0. The molecule has 35 heavy (non-hydrogen) atoms. The Hall–Kier alpha value is -1.87. The molecule has 0 aliphatic carbocycles. The fourth-order valence-electron chi connectivity index (χ4n) is 2.92. The van der Waals surface area contributed by atoms with Gasteiger partial charge >= 0.3 is 33.2 Å². The van der Waals surface area contributed by atoms with Crippen molar-refractivity contribution in [2.24, 2.45) is 21.1 Å². The summed E-state index contributed by atoms with van der Waals surface area (Å²) in [7, 11) is 6.13. The Morgan fingerprint density at radius 3 is 0.971 bits per heavy atom. The van der Waals surface area contributed by atoms with Gasteiger partial charge in [0.25, 0.3) is 0 Å². The summed E-state index contributed by atoms with van der Waals surface area (Å²) in [6.07, 6.45) is 26.5. The second kappa shape index (κ2) is 19.3. The second-order valence-electron chi connectivity index (χ2n) is 8.46. The van der Waals surface area contributed by atoms with Crippen molar-refractivity contribution < 1.29 is 26.9 Å². The zero-order chi connectivity index (χ0) is 26.7. The van der Waals surface area contributed by atoms with E-state index in [0.717, 1.165) is 19.6 Å². The topological polar surface area (TPSA) is 113 Å². The monoisotopic (exact) mass is 602 g/mol. The van der Waals surface area contributed by atoms with Crippen molar-refractivity contribution in [2.75, 3.05) is 0 Å². The van der Waals surface area contributed by atoms with Gasteiger partial charge in [-0.15, -0.1) is 0 Å². The first-order valence-corrected chi connectivity index (χ1v) is 16.4. The van der Waals surface area contributed by atoms with E-state index in [2.05, 4.69) is 104 Å². The average molecular weight is 603 g/mol. The van der Waals surface area contributed by atoms with E-state index in [9.17, 15) is 0 Å². The number of aromatic nitrogens is 6. The van der Waals surface area contributed by atoms with Gasteiger partial charge in [0, 0.05) is 0 Å². The van der Waals surface area contributed by atoms with E-state index < -0.39 is 20.1 Å². The van der Waals surface area contributed by atoms with Gasteiger partial charge in [-0.25, -0.2) is 27.4 Å².